The Hall–Kier alpha value is -0.510. The highest BCUT2D eigenvalue weighted by atomic mass is 32.1. The molecule has 0 aromatic heterocycles. The summed E-state index contributed by atoms with van der Waals surface area (Å²) >= 11 is 4.28. The van der Waals surface area contributed by atoms with Crippen LogP contribution in [0.25, 0.3) is 0 Å². The number of thiol groups is 1. The van der Waals surface area contributed by atoms with E-state index in [0.29, 0.717) is 12.5 Å². The van der Waals surface area contributed by atoms with Crippen LogP contribution in [0, 0.1) is 17.8 Å². The number of amides is 2. The minimum Gasteiger partial charge on any atom is -0.282 e. The van der Waals surface area contributed by atoms with Crippen LogP contribution in [0.2, 0.25) is 0 Å². The minimum atomic E-state index is -0.158. The number of carbonyl (C=O) groups excluding carboxylic acids is 2. The molecule has 1 saturated heterocycles. The molecule has 0 aliphatic carbocycles. The van der Waals surface area contributed by atoms with Gasteiger partial charge in [0.25, 0.3) is 0 Å². The lowest BCUT2D eigenvalue weighted by molar-refractivity contribution is -0.140. The standard InChI is InChI=1S/C12H21NO2S/c1-4-5-10(7-16)6-13-11(14)8(2)9(3)12(13)15/h8-10,16H,4-7H2,1-3H3. The highest BCUT2D eigenvalue weighted by molar-refractivity contribution is 7.80. The van der Waals surface area contributed by atoms with E-state index >= 15 is 0 Å². The molecule has 3 nitrogen and oxygen atoms in total. The molecule has 1 aliphatic rings. The molecule has 0 N–H and O–H groups in total. The molecule has 2 amide bonds. The second kappa shape index (κ2) is 5.71. The van der Waals surface area contributed by atoms with Crippen LogP contribution in [0.4, 0.5) is 0 Å². The summed E-state index contributed by atoms with van der Waals surface area (Å²) < 4.78 is 0. The fourth-order valence-corrected chi connectivity index (χ4v) is 2.41. The second-order valence-corrected chi connectivity index (χ2v) is 5.07. The molecular weight excluding hydrogens is 222 g/mol. The molecule has 1 heterocycles. The normalized spacial score (nSPS) is 27.6. The van der Waals surface area contributed by atoms with Crippen molar-refractivity contribution in [2.24, 2.45) is 17.8 Å². The van der Waals surface area contributed by atoms with Gasteiger partial charge < -0.3 is 0 Å². The van der Waals surface area contributed by atoms with Gasteiger partial charge in [0.1, 0.15) is 0 Å². The van der Waals surface area contributed by atoms with Gasteiger partial charge in [-0.3, -0.25) is 14.5 Å². The van der Waals surface area contributed by atoms with E-state index in [2.05, 4.69) is 19.6 Å². The SMILES string of the molecule is CCCC(CS)CN1C(=O)C(C)C(C)C1=O. The highest BCUT2D eigenvalue weighted by Crippen LogP contribution is 2.26. The lowest BCUT2D eigenvalue weighted by atomic mass is 10.00. The molecule has 4 heteroatoms. The van der Waals surface area contributed by atoms with E-state index in [1.165, 1.54) is 4.90 Å². The van der Waals surface area contributed by atoms with E-state index in [4.69, 9.17) is 0 Å². The molecule has 16 heavy (non-hydrogen) atoms. The van der Waals surface area contributed by atoms with Gasteiger partial charge in [-0.05, 0) is 18.1 Å². The van der Waals surface area contributed by atoms with Gasteiger partial charge in [-0.15, -0.1) is 0 Å². The third kappa shape index (κ3) is 2.59. The topological polar surface area (TPSA) is 37.4 Å². The summed E-state index contributed by atoms with van der Waals surface area (Å²) in [4.78, 5) is 25.2. The van der Waals surface area contributed by atoms with Crippen molar-refractivity contribution in [3.8, 4) is 0 Å². The molecule has 0 spiro atoms. The fraction of sp³-hybridized carbons (Fsp3) is 0.833. The summed E-state index contributed by atoms with van der Waals surface area (Å²) in [7, 11) is 0. The second-order valence-electron chi connectivity index (χ2n) is 4.70. The number of rotatable bonds is 5. The number of carbonyl (C=O) groups is 2. The minimum absolute atomic E-state index is 0.0135. The van der Waals surface area contributed by atoms with Crippen molar-refractivity contribution in [1.82, 2.24) is 4.90 Å². The van der Waals surface area contributed by atoms with Gasteiger partial charge in [0.2, 0.25) is 11.8 Å². The summed E-state index contributed by atoms with van der Waals surface area (Å²) in [6.07, 6.45) is 2.08. The van der Waals surface area contributed by atoms with Gasteiger partial charge in [0.05, 0.1) is 0 Å². The van der Waals surface area contributed by atoms with Gasteiger partial charge in [0, 0.05) is 18.4 Å². The van der Waals surface area contributed by atoms with Crippen LogP contribution >= 0.6 is 12.6 Å². The van der Waals surface area contributed by atoms with Crippen LogP contribution in [-0.4, -0.2) is 29.0 Å². The van der Waals surface area contributed by atoms with E-state index in [1.807, 2.05) is 13.8 Å². The maximum atomic E-state index is 11.9. The first-order valence-electron chi connectivity index (χ1n) is 5.99. The Morgan fingerprint density at radius 1 is 1.25 bits per heavy atom. The largest absolute Gasteiger partial charge is 0.282 e. The molecule has 3 atom stereocenters. The molecule has 0 aromatic carbocycles. The Balaban J connectivity index is 2.66. The molecule has 0 bridgehead atoms. The summed E-state index contributed by atoms with van der Waals surface area (Å²) in [5, 5.41) is 0. The summed E-state index contributed by atoms with van der Waals surface area (Å²) in [5.41, 5.74) is 0. The van der Waals surface area contributed by atoms with Crippen molar-refractivity contribution in [3.05, 3.63) is 0 Å². The highest BCUT2D eigenvalue weighted by Gasteiger charge is 2.42. The Kier molecular flexibility index (Phi) is 4.84. The zero-order chi connectivity index (χ0) is 12.3. The first kappa shape index (κ1) is 13.6. The van der Waals surface area contributed by atoms with Gasteiger partial charge in [-0.2, -0.15) is 12.6 Å². The molecule has 1 fully saturated rings. The predicted molar refractivity (Wildman–Crippen MR) is 67.3 cm³/mol. The molecule has 3 unspecified atom stereocenters. The maximum Gasteiger partial charge on any atom is 0.232 e. The summed E-state index contributed by atoms with van der Waals surface area (Å²) in [6.45, 7) is 6.32. The third-order valence-corrected chi connectivity index (χ3v) is 3.97. The maximum absolute atomic E-state index is 11.9. The molecule has 1 aliphatic heterocycles. The number of nitrogens with zero attached hydrogens (tertiary/aromatic N) is 1. The van der Waals surface area contributed by atoms with Crippen molar-refractivity contribution in [2.75, 3.05) is 12.3 Å². The lowest BCUT2D eigenvalue weighted by Crippen LogP contribution is -2.36. The van der Waals surface area contributed by atoms with E-state index in [0.717, 1.165) is 18.6 Å². The fourth-order valence-electron chi connectivity index (χ4n) is 2.11. The van der Waals surface area contributed by atoms with Crippen LogP contribution in [-0.2, 0) is 9.59 Å². The van der Waals surface area contributed by atoms with Crippen molar-refractivity contribution in [1.29, 1.82) is 0 Å². The Morgan fingerprint density at radius 3 is 2.12 bits per heavy atom. The first-order chi connectivity index (χ1) is 7.52. The number of imide groups is 1. The van der Waals surface area contributed by atoms with E-state index in [-0.39, 0.29) is 23.7 Å². The zero-order valence-corrected chi connectivity index (χ0v) is 11.2. The van der Waals surface area contributed by atoms with Crippen LogP contribution in [0.1, 0.15) is 33.6 Å². The van der Waals surface area contributed by atoms with E-state index < -0.39 is 0 Å². The molecular formula is C12H21NO2S. The van der Waals surface area contributed by atoms with Gasteiger partial charge in [0.15, 0.2) is 0 Å². The van der Waals surface area contributed by atoms with Crippen molar-refractivity contribution in [2.45, 2.75) is 33.6 Å². The smallest absolute Gasteiger partial charge is 0.232 e. The van der Waals surface area contributed by atoms with Crippen LogP contribution in [0.15, 0.2) is 0 Å². The van der Waals surface area contributed by atoms with Crippen LogP contribution in [0.3, 0.4) is 0 Å². The monoisotopic (exact) mass is 243 g/mol. The van der Waals surface area contributed by atoms with Crippen molar-refractivity contribution < 1.29 is 9.59 Å². The quantitative estimate of drug-likeness (QED) is 0.592. The Bertz CT molecular complexity index is 260. The van der Waals surface area contributed by atoms with Gasteiger partial charge >= 0.3 is 0 Å². The zero-order valence-electron chi connectivity index (χ0n) is 10.3. The molecule has 0 aromatic rings. The van der Waals surface area contributed by atoms with Crippen molar-refractivity contribution in [3.63, 3.8) is 0 Å². The predicted octanol–water partition coefficient (Wildman–Crippen LogP) is 1.97. The number of hydrogen-bond acceptors (Lipinski definition) is 3. The number of likely N-dealkylation sites (tertiary alicyclic amines) is 1. The molecule has 0 saturated carbocycles. The van der Waals surface area contributed by atoms with Crippen LogP contribution in [0.5, 0.6) is 0 Å². The van der Waals surface area contributed by atoms with Gasteiger partial charge in [-0.1, -0.05) is 27.2 Å². The van der Waals surface area contributed by atoms with Gasteiger partial charge in [-0.25, -0.2) is 0 Å². The Morgan fingerprint density at radius 2 is 1.75 bits per heavy atom. The average molecular weight is 243 g/mol. The van der Waals surface area contributed by atoms with E-state index in [9.17, 15) is 9.59 Å². The average Bonchev–Trinajstić information content (AvgIpc) is 2.46. The molecule has 1 rings (SSSR count). The summed E-state index contributed by atoms with van der Waals surface area (Å²) in [6, 6.07) is 0. The summed E-state index contributed by atoms with van der Waals surface area (Å²) in [5.74, 6) is 0.720. The third-order valence-electron chi connectivity index (χ3n) is 3.46. The van der Waals surface area contributed by atoms with Crippen molar-refractivity contribution >= 4 is 24.4 Å². The van der Waals surface area contributed by atoms with E-state index in [1.54, 1.807) is 0 Å². The first-order valence-corrected chi connectivity index (χ1v) is 6.62. The van der Waals surface area contributed by atoms with Crippen LogP contribution < -0.4 is 0 Å². The lowest BCUT2D eigenvalue weighted by Gasteiger charge is -2.21. The molecule has 0 radical (unpaired) electrons. The number of hydrogen-bond donors (Lipinski definition) is 1. The Labute approximate surface area is 103 Å². The molecule has 92 valence electrons.